The fourth-order valence-electron chi connectivity index (χ4n) is 1.92. The van der Waals surface area contributed by atoms with E-state index < -0.39 is 0 Å². The minimum atomic E-state index is -0.0455. The van der Waals surface area contributed by atoms with Crippen molar-refractivity contribution in [2.24, 2.45) is 0 Å². The van der Waals surface area contributed by atoms with Gasteiger partial charge in [0.15, 0.2) is 0 Å². The number of halogens is 1. The van der Waals surface area contributed by atoms with E-state index in [4.69, 9.17) is 0 Å². The first kappa shape index (κ1) is 14.8. The molecular formula is C17H16INO. The highest BCUT2D eigenvalue weighted by molar-refractivity contribution is 14.1. The molecule has 1 amide bonds. The Morgan fingerprint density at radius 3 is 2.45 bits per heavy atom. The Bertz CT molecular complexity index is 622. The largest absolute Gasteiger partial charge is 0.304 e. The lowest BCUT2D eigenvalue weighted by atomic mass is 10.1. The summed E-state index contributed by atoms with van der Waals surface area (Å²) >= 11 is 2.25. The van der Waals surface area contributed by atoms with Gasteiger partial charge in [0, 0.05) is 14.8 Å². The number of anilines is 1. The van der Waals surface area contributed by atoms with Gasteiger partial charge in [0.05, 0.1) is 6.54 Å². The third kappa shape index (κ3) is 3.70. The van der Waals surface area contributed by atoms with E-state index in [1.807, 2.05) is 54.6 Å². The highest BCUT2D eigenvalue weighted by atomic mass is 127. The van der Waals surface area contributed by atoms with Crippen molar-refractivity contribution in [3.63, 3.8) is 0 Å². The van der Waals surface area contributed by atoms with Gasteiger partial charge in [0.1, 0.15) is 0 Å². The molecule has 0 aromatic heterocycles. The Kier molecular flexibility index (Phi) is 4.95. The zero-order chi connectivity index (χ0) is 14.5. The van der Waals surface area contributed by atoms with Gasteiger partial charge >= 0.3 is 0 Å². The number of amides is 1. The summed E-state index contributed by atoms with van der Waals surface area (Å²) < 4.78 is 1.10. The second kappa shape index (κ2) is 6.70. The predicted molar refractivity (Wildman–Crippen MR) is 91.6 cm³/mol. The Balaban J connectivity index is 2.35. The Morgan fingerprint density at radius 2 is 1.85 bits per heavy atom. The first-order chi connectivity index (χ1) is 9.58. The van der Waals surface area contributed by atoms with E-state index in [0.29, 0.717) is 12.1 Å². The molecule has 2 rings (SSSR count). The molecular weight excluding hydrogens is 361 g/mol. The molecule has 20 heavy (non-hydrogen) atoms. The third-order valence-electron chi connectivity index (χ3n) is 2.91. The maximum absolute atomic E-state index is 12.4. The molecule has 0 unspecified atom stereocenters. The lowest BCUT2D eigenvalue weighted by Gasteiger charge is -2.23. The molecule has 0 saturated heterocycles. The summed E-state index contributed by atoms with van der Waals surface area (Å²) in [6, 6.07) is 17.9. The van der Waals surface area contributed by atoms with Crippen molar-refractivity contribution in [3.8, 4) is 0 Å². The number of carbonyl (C=O) groups excluding carboxylic acids is 1. The average Bonchev–Trinajstić information content (AvgIpc) is 2.45. The molecule has 0 spiro atoms. The smallest absolute Gasteiger partial charge is 0.253 e. The van der Waals surface area contributed by atoms with Gasteiger partial charge < -0.3 is 4.90 Å². The minimum Gasteiger partial charge on any atom is -0.304 e. The van der Waals surface area contributed by atoms with Crippen LogP contribution in [0.15, 0.2) is 66.7 Å². The van der Waals surface area contributed by atoms with Crippen molar-refractivity contribution < 1.29 is 4.79 Å². The monoisotopic (exact) mass is 377 g/mol. The molecule has 0 fully saturated rings. The Labute approximate surface area is 133 Å². The molecule has 0 aliphatic rings. The third-order valence-corrected chi connectivity index (χ3v) is 3.58. The lowest BCUT2D eigenvalue weighted by Crippen LogP contribution is -2.30. The molecule has 0 aliphatic carbocycles. The first-order valence-corrected chi connectivity index (χ1v) is 7.42. The summed E-state index contributed by atoms with van der Waals surface area (Å²) in [5.41, 5.74) is 2.54. The fourth-order valence-corrected chi connectivity index (χ4v) is 2.45. The van der Waals surface area contributed by atoms with Crippen LogP contribution in [-0.2, 0) is 11.3 Å². The second-order valence-corrected chi connectivity index (χ2v) is 5.88. The van der Waals surface area contributed by atoms with Crippen LogP contribution < -0.4 is 4.90 Å². The number of carbonyl (C=O) groups is 1. The Morgan fingerprint density at radius 1 is 1.15 bits per heavy atom. The molecule has 0 aliphatic heterocycles. The molecule has 0 saturated carbocycles. The molecule has 2 aromatic carbocycles. The van der Waals surface area contributed by atoms with Crippen LogP contribution in [0.5, 0.6) is 0 Å². The summed E-state index contributed by atoms with van der Waals surface area (Å²) in [7, 11) is 0. The maximum atomic E-state index is 12.4. The van der Waals surface area contributed by atoms with E-state index in [2.05, 4.69) is 29.2 Å². The van der Waals surface area contributed by atoms with Crippen LogP contribution in [-0.4, -0.2) is 5.91 Å². The molecule has 2 aromatic rings. The molecule has 0 N–H and O–H groups in total. The maximum Gasteiger partial charge on any atom is 0.253 e. The van der Waals surface area contributed by atoms with Gasteiger partial charge in [-0.05, 0) is 53.3 Å². The summed E-state index contributed by atoms with van der Waals surface area (Å²) in [6.45, 7) is 6.06. The number of hydrogen-bond acceptors (Lipinski definition) is 1. The van der Waals surface area contributed by atoms with Crippen LogP contribution in [0.25, 0.3) is 0 Å². The number of nitrogens with zero attached hydrogens (tertiary/aromatic N) is 1. The topological polar surface area (TPSA) is 20.3 Å². The van der Waals surface area contributed by atoms with Crippen molar-refractivity contribution in [1.29, 1.82) is 0 Å². The second-order valence-electron chi connectivity index (χ2n) is 4.64. The van der Waals surface area contributed by atoms with E-state index in [-0.39, 0.29) is 5.91 Å². The van der Waals surface area contributed by atoms with Crippen molar-refractivity contribution in [1.82, 2.24) is 0 Å². The number of benzene rings is 2. The van der Waals surface area contributed by atoms with E-state index in [9.17, 15) is 4.79 Å². The van der Waals surface area contributed by atoms with Crippen molar-refractivity contribution in [3.05, 3.63) is 75.9 Å². The Hall–Kier alpha value is -1.62. The molecule has 0 radical (unpaired) electrons. The normalized spacial score (nSPS) is 10.1. The predicted octanol–water partition coefficient (Wildman–Crippen LogP) is 4.40. The average molecular weight is 377 g/mol. The highest BCUT2D eigenvalue weighted by Gasteiger charge is 2.16. The molecule has 0 atom stereocenters. The zero-order valence-corrected chi connectivity index (χ0v) is 13.5. The summed E-state index contributed by atoms with van der Waals surface area (Å²) in [5, 5.41) is 0. The number of hydrogen-bond donors (Lipinski definition) is 0. The highest BCUT2D eigenvalue weighted by Crippen LogP contribution is 2.21. The summed E-state index contributed by atoms with van der Waals surface area (Å²) in [5.74, 6) is -0.0455. The van der Waals surface area contributed by atoms with Crippen molar-refractivity contribution >= 4 is 34.2 Å². The molecule has 2 nitrogen and oxygen atoms in total. The number of rotatable bonds is 4. The van der Waals surface area contributed by atoms with Crippen molar-refractivity contribution in [2.45, 2.75) is 13.5 Å². The van der Waals surface area contributed by atoms with Gasteiger partial charge in [0.25, 0.3) is 5.91 Å². The van der Waals surface area contributed by atoms with Gasteiger partial charge in [-0.2, -0.15) is 0 Å². The van der Waals surface area contributed by atoms with Crippen LogP contribution in [0.2, 0.25) is 0 Å². The van der Waals surface area contributed by atoms with E-state index in [1.165, 1.54) is 0 Å². The van der Waals surface area contributed by atoms with Gasteiger partial charge in [-0.1, -0.05) is 43.0 Å². The molecule has 0 bridgehead atoms. The summed E-state index contributed by atoms with van der Waals surface area (Å²) in [4.78, 5) is 14.1. The van der Waals surface area contributed by atoms with E-state index in [0.717, 1.165) is 14.8 Å². The van der Waals surface area contributed by atoms with Gasteiger partial charge in [-0.3, -0.25) is 4.79 Å². The summed E-state index contributed by atoms with van der Waals surface area (Å²) in [6.07, 6.45) is 0. The van der Waals surface area contributed by atoms with Gasteiger partial charge in [0.2, 0.25) is 0 Å². The van der Waals surface area contributed by atoms with Gasteiger partial charge in [-0.15, -0.1) is 0 Å². The standard InChI is InChI=1S/C17H16INO/c1-13(2)17(20)19(12-14-7-4-3-5-8-14)16-10-6-9-15(18)11-16/h3-11H,1,12H2,2H3. The quantitative estimate of drug-likeness (QED) is 0.571. The molecule has 0 heterocycles. The van der Waals surface area contributed by atoms with Gasteiger partial charge in [-0.25, -0.2) is 0 Å². The van der Waals surface area contributed by atoms with E-state index in [1.54, 1.807) is 11.8 Å². The molecule has 102 valence electrons. The van der Waals surface area contributed by atoms with Crippen molar-refractivity contribution in [2.75, 3.05) is 4.90 Å². The van der Waals surface area contributed by atoms with E-state index >= 15 is 0 Å². The minimum absolute atomic E-state index is 0.0455. The van der Waals surface area contributed by atoms with Crippen LogP contribution in [0.3, 0.4) is 0 Å². The van der Waals surface area contributed by atoms with Crippen LogP contribution in [0, 0.1) is 3.57 Å². The first-order valence-electron chi connectivity index (χ1n) is 6.35. The van der Waals surface area contributed by atoms with Crippen LogP contribution >= 0.6 is 22.6 Å². The zero-order valence-electron chi connectivity index (χ0n) is 11.3. The van der Waals surface area contributed by atoms with Crippen LogP contribution in [0.1, 0.15) is 12.5 Å². The van der Waals surface area contributed by atoms with Crippen LogP contribution in [0.4, 0.5) is 5.69 Å². The SMILES string of the molecule is C=C(C)C(=O)N(Cc1ccccc1)c1cccc(I)c1. The lowest BCUT2D eigenvalue weighted by molar-refractivity contribution is -0.115. The molecule has 3 heteroatoms. The fraction of sp³-hybridized carbons (Fsp3) is 0.118.